The van der Waals surface area contributed by atoms with Crippen molar-refractivity contribution in [3.63, 3.8) is 0 Å². The van der Waals surface area contributed by atoms with E-state index in [4.69, 9.17) is 9.15 Å². The molecule has 156 valence electrons. The van der Waals surface area contributed by atoms with Gasteiger partial charge in [-0.2, -0.15) is 0 Å². The minimum absolute atomic E-state index is 0.0154. The maximum absolute atomic E-state index is 12.5. The molecule has 4 aromatic rings. The first-order valence-corrected chi connectivity index (χ1v) is 9.91. The third-order valence-corrected chi connectivity index (χ3v) is 5.09. The highest BCUT2D eigenvalue weighted by Crippen LogP contribution is 2.30. The van der Waals surface area contributed by atoms with Gasteiger partial charge in [0.15, 0.2) is 11.9 Å². The Morgan fingerprint density at radius 3 is 2.65 bits per heavy atom. The quantitative estimate of drug-likeness (QED) is 0.358. The molecule has 1 heterocycles. The predicted molar refractivity (Wildman–Crippen MR) is 118 cm³/mol. The van der Waals surface area contributed by atoms with Crippen molar-refractivity contribution in [3.05, 3.63) is 78.1 Å². The predicted octanol–water partition coefficient (Wildman–Crippen LogP) is 4.90. The van der Waals surface area contributed by atoms with Gasteiger partial charge in [0.05, 0.1) is 12.7 Å². The van der Waals surface area contributed by atoms with Crippen LogP contribution < -0.4 is 5.32 Å². The first-order valence-electron chi connectivity index (χ1n) is 9.91. The zero-order chi connectivity index (χ0) is 22.0. The molecular formula is C25H21NO5. The van der Waals surface area contributed by atoms with Crippen LogP contribution in [0.1, 0.15) is 29.8 Å². The highest BCUT2D eigenvalue weighted by atomic mass is 16.5. The van der Waals surface area contributed by atoms with Crippen LogP contribution in [0, 0.1) is 0 Å². The van der Waals surface area contributed by atoms with Gasteiger partial charge < -0.3 is 14.5 Å². The van der Waals surface area contributed by atoms with Gasteiger partial charge in [0, 0.05) is 22.2 Å². The molecule has 0 bridgehead atoms. The molecule has 6 heteroatoms. The number of esters is 1. The molecule has 4 rings (SSSR count). The van der Waals surface area contributed by atoms with E-state index in [1.54, 1.807) is 30.5 Å². The Kier molecular flexibility index (Phi) is 5.54. The summed E-state index contributed by atoms with van der Waals surface area (Å²) < 4.78 is 10.9. The molecule has 0 fully saturated rings. The topological polar surface area (TPSA) is 85.6 Å². The maximum Gasteiger partial charge on any atom is 0.311 e. The fraction of sp³-hybridized carbons (Fsp3) is 0.160. The Hall–Kier alpha value is -3.93. The molecule has 0 aliphatic rings. The molecule has 31 heavy (non-hydrogen) atoms. The molecule has 1 atom stereocenters. The van der Waals surface area contributed by atoms with E-state index in [0.29, 0.717) is 22.4 Å². The lowest BCUT2D eigenvalue weighted by atomic mass is 10.0. The van der Waals surface area contributed by atoms with Crippen LogP contribution in [-0.4, -0.2) is 23.8 Å². The zero-order valence-electron chi connectivity index (χ0n) is 17.2. The first kappa shape index (κ1) is 20.3. The summed E-state index contributed by atoms with van der Waals surface area (Å²) in [4.78, 5) is 36.4. The van der Waals surface area contributed by atoms with Crippen LogP contribution in [0.15, 0.2) is 71.3 Å². The van der Waals surface area contributed by atoms with Crippen molar-refractivity contribution < 1.29 is 23.5 Å². The molecule has 0 saturated heterocycles. The van der Waals surface area contributed by atoms with Crippen LogP contribution in [0.25, 0.3) is 21.7 Å². The SMILES string of the molecule is CC(=O)c1cccc(NC(=O)[C@H](C)OC(=O)Cc2coc3ccc4ccccc4c23)c1. The van der Waals surface area contributed by atoms with Crippen LogP contribution >= 0.6 is 0 Å². The molecule has 1 aromatic heterocycles. The number of rotatable bonds is 6. The number of ketones is 1. The summed E-state index contributed by atoms with van der Waals surface area (Å²) in [5, 5.41) is 5.58. The Bertz CT molecular complexity index is 1300. The second-order valence-electron chi connectivity index (χ2n) is 7.36. The maximum atomic E-state index is 12.5. The van der Waals surface area contributed by atoms with Crippen LogP contribution in [0.5, 0.6) is 0 Å². The summed E-state index contributed by atoms with van der Waals surface area (Å²) in [6, 6.07) is 18.3. The number of nitrogens with one attached hydrogen (secondary N) is 1. The number of hydrogen-bond acceptors (Lipinski definition) is 5. The zero-order valence-corrected chi connectivity index (χ0v) is 17.2. The normalized spacial score (nSPS) is 11.9. The lowest BCUT2D eigenvalue weighted by Crippen LogP contribution is -2.30. The Morgan fingerprint density at radius 2 is 1.84 bits per heavy atom. The second kappa shape index (κ2) is 8.44. The van der Waals surface area contributed by atoms with Crippen molar-refractivity contribution in [2.75, 3.05) is 5.32 Å². The number of benzene rings is 3. The largest absolute Gasteiger partial charge is 0.464 e. The van der Waals surface area contributed by atoms with E-state index in [1.807, 2.05) is 36.4 Å². The van der Waals surface area contributed by atoms with Crippen LogP contribution in [0.3, 0.4) is 0 Å². The van der Waals surface area contributed by atoms with Crippen LogP contribution in [-0.2, 0) is 20.7 Å². The van der Waals surface area contributed by atoms with Gasteiger partial charge in [-0.3, -0.25) is 14.4 Å². The lowest BCUT2D eigenvalue weighted by molar-refractivity contribution is -0.152. The average Bonchev–Trinajstić information content (AvgIpc) is 3.17. The van der Waals surface area contributed by atoms with Crippen molar-refractivity contribution in [3.8, 4) is 0 Å². The minimum Gasteiger partial charge on any atom is -0.464 e. The summed E-state index contributed by atoms with van der Waals surface area (Å²) in [7, 11) is 0. The van der Waals surface area contributed by atoms with Gasteiger partial charge in [0.2, 0.25) is 0 Å². The molecule has 0 aliphatic heterocycles. The number of furan rings is 1. The third kappa shape index (κ3) is 4.33. The molecule has 0 saturated carbocycles. The monoisotopic (exact) mass is 415 g/mol. The second-order valence-corrected chi connectivity index (χ2v) is 7.36. The highest BCUT2D eigenvalue weighted by Gasteiger charge is 2.20. The molecule has 0 radical (unpaired) electrons. The van der Waals surface area contributed by atoms with Crippen molar-refractivity contribution in [1.82, 2.24) is 0 Å². The van der Waals surface area contributed by atoms with E-state index in [-0.39, 0.29) is 12.2 Å². The van der Waals surface area contributed by atoms with E-state index >= 15 is 0 Å². The summed E-state index contributed by atoms with van der Waals surface area (Å²) in [6.45, 7) is 2.96. The van der Waals surface area contributed by atoms with Gasteiger partial charge in [-0.05, 0) is 42.8 Å². The molecule has 6 nitrogen and oxygen atoms in total. The van der Waals surface area contributed by atoms with Crippen LogP contribution in [0.2, 0.25) is 0 Å². The molecule has 0 aliphatic carbocycles. The van der Waals surface area contributed by atoms with Gasteiger partial charge in [-0.25, -0.2) is 0 Å². The van der Waals surface area contributed by atoms with Crippen LogP contribution in [0.4, 0.5) is 5.69 Å². The third-order valence-electron chi connectivity index (χ3n) is 5.09. The molecule has 1 amide bonds. The number of amides is 1. The smallest absolute Gasteiger partial charge is 0.311 e. The van der Waals surface area contributed by atoms with Crippen molar-refractivity contribution in [2.45, 2.75) is 26.4 Å². The summed E-state index contributed by atoms with van der Waals surface area (Å²) in [5.74, 6) is -1.11. The molecule has 0 spiro atoms. The number of carbonyl (C=O) groups excluding carboxylic acids is 3. The Morgan fingerprint density at radius 1 is 1.03 bits per heavy atom. The van der Waals surface area contributed by atoms with E-state index in [2.05, 4.69) is 5.32 Å². The summed E-state index contributed by atoms with van der Waals surface area (Å²) in [6.07, 6.45) is 0.540. The van der Waals surface area contributed by atoms with Gasteiger partial charge in [-0.1, -0.05) is 42.5 Å². The molecular weight excluding hydrogens is 394 g/mol. The van der Waals surface area contributed by atoms with E-state index in [0.717, 1.165) is 16.2 Å². The lowest BCUT2D eigenvalue weighted by Gasteiger charge is -2.14. The van der Waals surface area contributed by atoms with Crippen molar-refractivity contribution in [2.24, 2.45) is 0 Å². The number of carbonyl (C=O) groups is 3. The van der Waals surface area contributed by atoms with Crippen molar-refractivity contribution in [1.29, 1.82) is 0 Å². The number of anilines is 1. The van der Waals surface area contributed by atoms with E-state index < -0.39 is 18.0 Å². The molecule has 0 unspecified atom stereocenters. The van der Waals surface area contributed by atoms with Gasteiger partial charge in [0.25, 0.3) is 5.91 Å². The molecule has 1 N–H and O–H groups in total. The number of hydrogen-bond donors (Lipinski definition) is 1. The standard InChI is InChI=1S/C25H21NO5/c1-15(27)18-7-5-8-20(12-18)26-25(29)16(2)31-23(28)13-19-14-30-22-11-10-17-6-3-4-9-21(17)24(19)22/h3-12,14,16H,13H2,1-2H3,(H,26,29)/t16-/m0/s1. The fourth-order valence-electron chi connectivity index (χ4n) is 3.51. The van der Waals surface area contributed by atoms with Crippen molar-refractivity contribution >= 4 is 45.1 Å². The summed E-state index contributed by atoms with van der Waals surface area (Å²) in [5.41, 5.74) is 2.35. The molecule has 3 aromatic carbocycles. The highest BCUT2D eigenvalue weighted by molar-refractivity contribution is 6.08. The number of fused-ring (bicyclic) bond motifs is 3. The number of ether oxygens (including phenoxy) is 1. The van der Waals surface area contributed by atoms with E-state index in [9.17, 15) is 14.4 Å². The average molecular weight is 415 g/mol. The Labute approximate surface area is 178 Å². The number of Topliss-reactive ketones (excluding diaryl/α,β-unsaturated/α-hetero) is 1. The van der Waals surface area contributed by atoms with Gasteiger partial charge >= 0.3 is 5.97 Å². The summed E-state index contributed by atoms with van der Waals surface area (Å²) >= 11 is 0. The van der Waals surface area contributed by atoms with E-state index in [1.165, 1.54) is 13.8 Å². The Balaban J connectivity index is 1.45. The minimum atomic E-state index is -0.997. The fourth-order valence-corrected chi connectivity index (χ4v) is 3.51. The van der Waals surface area contributed by atoms with Gasteiger partial charge in [0.1, 0.15) is 5.58 Å². The van der Waals surface area contributed by atoms with Gasteiger partial charge in [-0.15, -0.1) is 0 Å². The first-order chi connectivity index (χ1) is 14.9.